The minimum atomic E-state index is -1.06. The molecule has 0 amide bonds. The van der Waals surface area contributed by atoms with Gasteiger partial charge in [-0.05, 0) is 41.8 Å². The van der Waals surface area contributed by atoms with Crippen molar-refractivity contribution in [2.24, 2.45) is 0 Å². The zero-order valence-corrected chi connectivity index (χ0v) is 13.5. The van der Waals surface area contributed by atoms with Crippen LogP contribution in [0.4, 0.5) is 0 Å². The smallest absolute Gasteiger partial charge is 0.336 e. The van der Waals surface area contributed by atoms with Gasteiger partial charge in [0, 0.05) is 6.08 Å². The molecule has 5 heteroatoms. The molecule has 0 saturated carbocycles. The summed E-state index contributed by atoms with van der Waals surface area (Å²) in [6.07, 6.45) is 2.63. The van der Waals surface area contributed by atoms with Crippen molar-refractivity contribution in [3.05, 3.63) is 70.8 Å². The van der Waals surface area contributed by atoms with Crippen LogP contribution in [-0.4, -0.2) is 24.2 Å². The number of carbonyl (C=O) groups is 2. The van der Waals surface area contributed by atoms with E-state index in [2.05, 4.69) is 0 Å². The zero-order chi connectivity index (χ0) is 17.5. The van der Waals surface area contributed by atoms with Crippen LogP contribution in [0.3, 0.4) is 0 Å². The molecule has 2 rings (SSSR count). The lowest BCUT2D eigenvalue weighted by Crippen LogP contribution is -2.05. The molecule has 0 aliphatic carbocycles. The zero-order valence-electron chi connectivity index (χ0n) is 13.5. The van der Waals surface area contributed by atoms with E-state index in [0.29, 0.717) is 16.9 Å². The molecule has 0 unspecified atom stereocenters. The van der Waals surface area contributed by atoms with Crippen LogP contribution in [0.25, 0.3) is 6.08 Å². The molecule has 0 heterocycles. The number of hydrogen-bond donors (Lipinski definition) is 1. The van der Waals surface area contributed by atoms with E-state index < -0.39 is 11.9 Å². The number of aromatic carboxylic acids is 1. The maximum Gasteiger partial charge on any atom is 0.336 e. The molecule has 0 atom stereocenters. The van der Waals surface area contributed by atoms with E-state index in [9.17, 15) is 14.7 Å². The van der Waals surface area contributed by atoms with Crippen LogP contribution >= 0.6 is 0 Å². The highest BCUT2D eigenvalue weighted by Gasteiger charge is 2.14. The molecule has 2 aromatic rings. The van der Waals surface area contributed by atoms with E-state index in [0.717, 1.165) is 5.56 Å². The quantitative estimate of drug-likeness (QED) is 0.650. The molecular weight excluding hydrogens is 308 g/mol. The van der Waals surface area contributed by atoms with Gasteiger partial charge in [0.15, 0.2) is 0 Å². The highest BCUT2D eigenvalue weighted by molar-refractivity contribution is 5.96. The first-order chi connectivity index (χ1) is 11.5. The standard InChI is InChI=1S/C19H18O5/c1-13-10-16(23-2)11-15(18(13)19(21)22)8-9-17(20)24-12-14-6-4-3-5-7-14/h3-11H,12H2,1-2H3,(H,21,22). The van der Waals surface area contributed by atoms with Crippen LogP contribution in [0, 0.1) is 6.92 Å². The predicted molar refractivity (Wildman–Crippen MR) is 90.0 cm³/mol. The van der Waals surface area contributed by atoms with Gasteiger partial charge in [0.2, 0.25) is 0 Å². The third kappa shape index (κ3) is 4.46. The maximum atomic E-state index is 11.8. The van der Waals surface area contributed by atoms with Gasteiger partial charge in [0.25, 0.3) is 0 Å². The molecule has 0 aliphatic rings. The summed E-state index contributed by atoms with van der Waals surface area (Å²) in [5.41, 5.74) is 1.95. The van der Waals surface area contributed by atoms with E-state index in [4.69, 9.17) is 9.47 Å². The number of carbonyl (C=O) groups excluding carboxylic acids is 1. The summed E-state index contributed by atoms with van der Waals surface area (Å²) >= 11 is 0. The Balaban J connectivity index is 2.14. The van der Waals surface area contributed by atoms with Gasteiger partial charge >= 0.3 is 11.9 Å². The van der Waals surface area contributed by atoms with Gasteiger partial charge in [-0.1, -0.05) is 30.3 Å². The molecule has 24 heavy (non-hydrogen) atoms. The molecule has 0 saturated heterocycles. The van der Waals surface area contributed by atoms with Crippen molar-refractivity contribution >= 4 is 18.0 Å². The molecule has 0 fully saturated rings. The number of benzene rings is 2. The second-order valence-corrected chi connectivity index (χ2v) is 5.14. The summed E-state index contributed by atoms with van der Waals surface area (Å²) in [5.74, 6) is -1.09. The van der Waals surface area contributed by atoms with Gasteiger partial charge < -0.3 is 14.6 Å². The fraction of sp³-hybridized carbons (Fsp3) is 0.158. The first-order valence-electron chi connectivity index (χ1n) is 7.32. The minimum Gasteiger partial charge on any atom is -0.497 e. The van der Waals surface area contributed by atoms with Crippen LogP contribution in [0.5, 0.6) is 5.75 Å². The summed E-state index contributed by atoms with van der Waals surface area (Å²) in [7, 11) is 1.50. The third-order valence-corrected chi connectivity index (χ3v) is 3.41. The van der Waals surface area contributed by atoms with Crippen LogP contribution in [0.2, 0.25) is 0 Å². The summed E-state index contributed by atoms with van der Waals surface area (Å²) in [4.78, 5) is 23.2. The summed E-state index contributed by atoms with van der Waals surface area (Å²) in [5, 5.41) is 9.34. The van der Waals surface area contributed by atoms with Crippen molar-refractivity contribution in [3.63, 3.8) is 0 Å². The highest BCUT2D eigenvalue weighted by atomic mass is 16.5. The Morgan fingerprint density at radius 3 is 2.50 bits per heavy atom. The van der Waals surface area contributed by atoms with Crippen molar-refractivity contribution < 1.29 is 24.2 Å². The lowest BCUT2D eigenvalue weighted by Gasteiger charge is -2.09. The normalized spacial score (nSPS) is 10.6. The van der Waals surface area contributed by atoms with Gasteiger partial charge in [0.05, 0.1) is 12.7 Å². The van der Waals surface area contributed by atoms with Gasteiger partial charge in [-0.3, -0.25) is 0 Å². The lowest BCUT2D eigenvalue weighted by molar-refractivity contribution is -0.138. The average molecular weight is 326 g/mol. The Bertz CT molecular complexity index is 763. The monoisotopic (exact) mass is 326 g/mol. The second kappa shape index (κ2) is 7.97. The van der Waals surface area contributed by atoms with Gasteiger partial charge in [0.1, 0.15) is 12.4 Å². The third-order valence-electron chi connectivity index (χ3n) is 3.41. The Morgan fingerprint density at radius 2 is 1.88 bits per heavy atom. The molecule has 0 radical (unpaired) electrons. The number of ether oxygens (including phenoxy) is 2. The predicted octanol–water partition coefficient (Wildman–Crippen LogP) is 3.46. The molecule has 0 aromatic heterocycles. The van der Waals surface area contributed by atoms with Crippen molar-refractivity contribution in [1.29, 1.82) is 0 Å². The van der Waals surface area contributed by atoms with Crippen LogP contribution in [0.15, 0.2) is 48.5 Å². The fourth-order valence-electron chi connectivity index (χ4n) is 2.26. The number of methoxy groups -OCH3 is 1. The molecule has 2 aromatic carbocycles. The Morgan fingerprint density at radius 1 is 1.17 bits per heavy atom. The van der Waals surface area contributed by atoms with E-state index in [-0.39, 0.29) is 12.2 Å². The van der Waals surface area contributed by atoms with Gasteiger partial charge in [-0.15, -0.1) is 0 Å². The fourth-order valence-corrected chi connectivity index (χ4v) is 2.26. The molecule has 1 N–H and O–H groups in total. The summed E-state index contributed by atoms with van der Waals surface area (Å²) in [6, 6.07) is 12.5. The topological polar surface area (TPSA) is 72.8 Å². The number of aryl methyl sites for hydroxylation is 1. The van der Waals surface area contributed by atoms with E-state index >= 15 is 0 Å². The van der Waals surface area contributed by atoms with E-state index in [1.54, 1.807) is 19.1 Å². The Labute approximate surface area is 140 Å². The molecule has 124 valence electrons. The Kier molecular flexibility index (Phi) is 5.73. The largest absolute Gasteiger partial charge is 0.497 e. The summed E-state index contributed by atoms with van der Waals surface area (Å²) < 4.78 is 10.3. The average Bonchev–Trinajstić information content (AvgIpc) is 2.58. The molecule has 0 aliphatic heterocycles. The van der Waals surface area contributed by atoms with Gasteiger partial charge in [-0.2, -0.15) is 0 Å². The summed E-state index contributed by atoms with van der Waals surface area (Å²) in [6.45, 7) is 1.84. The van der Waals surface area contributed by atoms with Crippen LogP contribution < -0.4 is 4.74 Å². The number of rotatable bonds is 6. The number of esters is 1. The maximum absolute atomic E-state index is 11.8. The lowest BCUT2D eigenvalue weighted by atomic mass is 10.0. The minimum absolute atomic E-state index is 0.128. The van der Waals surface area contributed by atoms with E-state index in [1.807, 2.05) is 30.3 Å². The molecule has 0 bridgehead atoms. The first-order valence-corrected chi connectivity index (χ1v) is 7.32. The highest BCUT2D eigenvalue weighted by Crippen LogP contribution is 2.23. The SMILES string of the molecule is COc1cc(C)c(C(=O)O)c(C=CC(=O)OCc2ccccc2)c1. The van der Waals surface area contributed by atoms with Crippen molar-refractivity contribution in [1.82, 2.24) is 0 Å². The van der Waals surface area contributed by atoms with Crippen molar-refractivity contribution in [2.75, 3.05) is 7.11 Å². The number of hydrogen-bond acceptors (Lipinski definition) is 4. The first kappa shape index (κ1) is 17.3. The molecular formula is C19H18O5. The second-order valence-electron chi connectivity index (χ2n) is 5.14. The van der Waals surface area contributed by atoms with Crippen LogP contribution in [0.1, 0.15) is 27.0 Å². The Hall–Kier alpha value is -3.08. The number of carboxylic acid groups (broad SMARTS) is 1. The van der Waals surface area contributed by atoms with Gasteiger partial charge in [-0.25, -0.2) is 9.59 Å². The van der Waals surface area contributed by atoms with Crippen LogP contribution in [-0.2, 0) is 16.1 Å². The molecule has 0 spiro atoms. The molecule has 5 nitrogen and oxygen atoms in total. The number of carboxylic acids is 1. The van der Waals surface area contributed by atoms with Crippen molar-refractivity contribution in [2.45, 2.75) is 13.5 Å². The van der Waals surface area contributed by atoms with E-state index in [1.165, 1.54) is 19.3 Å². The van der Waals surface area contributed by atoms with Crippen molar-refractivity contribution in [3.8, 4) is 5.75 Å².